The summed E-state index contributed by atoms with van der Waals surface area (Å²) < 4.78 is 25.0. The van der Waals surface area contributed by atoms with Gasteiger partial charge in [0.2, 0.25) is 0 Å². The van der Waals surface area contributed by atoms with Crippen LogP contribution in [0.2, 0.25) is 0 Å². The molecule has 3 nitrogen and oxygen atoms in total. The van der Waals surface area contributed by atoms with Gasteiger partial charge in [0.05, 0.1) is 5.75 Å². The Morgan fingerprint density at radius 1 is 1.29 bits per heavy atom. The topological polar surface area (TPSA) is 46.2 Å². The summed E-state index contributed by atoms with van der Waals surface area (Å²) in [6.45, 7) is 2.77. The molecule has 0 aliphatic heterocycles. The lowest BCUT2D eigenvalue weighted by Gasteiger charge is -2.19. The first-order valence-corrected chi connectivity index (χ1v) is 10.3. The van der Waals surface area contributed by atoms with Crippen LogP contribution in [-0.4, -0.2) is 32.5 Å². The first kappa shape index (κ1) is 17.0. The number of benzene rings is 1. The molecule has 0 aromatic heterocycles. The van der Waals surface area contributed by atoms with Crippen molar-refractivity contribution in [3.05, 3.63) is 34.3 Å². The fourth-order valence-corrected chi connectivity index (χ4v) is 4.58. The smallest absolute Gasteiger partial charge is 0.150 e. The Bertz CT molecular complexity index is 555. The van der Waals surface area contributed by atoms with Crippen molar-refractivity contribution < 1.29 is 8.42 Å². The van der Waals surface area contributed by atoms with E-state index >= 15 is 0 Å². The van der Waals surface area contributed by atoms with Crippen molar-refractivity contribution in [3.8, 4) is 0 Å². The molecule has 118 valence electrons. The van der Waals surface area contributed by atoms with Gasteiger partial charge in [0, 0.05) is 22.8 Å². The third-order valence-corrected chi connectivity index (χ3v) is 6.48. The summed E-state index contributed by atoms with van der Waals surface area (Å²) in [6, 6.07) is 8.77. The zero-order valence-electron chi connectivity index (χ0n) is 12.5. The van der Waals surface area contributed by atoms with Crippen molar-refractivity contribution in [2.24, 2.45) is 0 Å². The molecule has 21 heavy (non-hydrogen) atoms. The maximum Gasteiger partial charge on any atom is 0.150 e. The van der Waals surface area contributed by atoms with Gasteiger partial charge in [-0.2, -0.15) is 0 Å². The average Bonchev–Trinajstić information content (AvgIpc) is 3.24. The summed E-state index contributed by atoms with van der Waals surface area (Å²) in [5.74, 6) is 0.818. The predicted molar refractivity (Wildman–Crippen MR) is 91.5 cm³/mol. The molecule has 1 fully saturated rings. The molecule has 1 aliphatic carbocycles. The van der Waals surface area contributed by atoms with Crippen LogP contribution < -0.4 is 5.32 Å². The third-order valence-electron chi connectivity index (χ3n) is 3.87. The lowest BCUT2D eigenvalue weighted by molar-refractivity contribution is 0.552. The minimum atomic E-state index is -2.91. The molecule has 5 heteroatoms. The van der Waals surface area contributed by atoms with Crippen molar-refractivity contribution in [1.29, 1.82) is 0 Å². The van der Waals surface area contributed by atoms with E-state index in [1.54, 1.807) is 0 Å². The van der Waals surface area contributed by atoms with E-state index < -0.39 is 9.84 Å². The number of nitrogens with one attached hydrogen (secondary N) is 1. The van der Waals surface area contributed by atoms with Gasteiger partial charge in [-0.1, -0.05) is 41.1 Å². The van der Waals surface area contributed by atoms with Crippen LogP contribution >= 0.6 is 15.9 Å². The Balaban J connectivity index is 2.03. The van der Waals surface area contributed by atoms with E-state index in [1.165, 1.54) is 18.4 Å². The first-order valence-electron chi connectivity index (χ1n) is 7.70. The van der Waals surface area contributed by atoms with Gasteiger partial charge >= 0.3 is 0 Å². The van der Waals surface area contributed by atoms with Gasteiger partial charge in [0.25, 0.3) is 0 Å². The fourth-order valence-electron chi connectivity index (χ4n) is 2.50. The summed E-state index contributed by atoms with van der Waals surface area (Å²) in [7, 11) is -2.91. The van der Waals surface area contributed by atoms with E-state index in [-0.39, 0.29) is 11.7 Å². The molecule has 0 amide bonds. The number of sulfone groups is 1. The molecule has 1 saturated carbocycles. The Morgan fingerprint density at radius 3 is 2.62 bits per heavy atom. The van der Waals surface area contributed by atoms with Crippen LogP contribution in [-0.2, 0) is 9.84 Å². The van der Waals surface area contributed by atoms with Crippen LogP contribution in [0.15, 0.2) is 28.7 Å². The highest BCUT2D eigenvalue weighted by Gasteiger charge is 2.24. The molecule has 1 atom stereocenters. The number of hydrogen-bond acceptors (Lipinski definition) is 3. The van der Waals surface area contributed by atoms with Gasteiger partial charge in [-0.05, 0) is 43.2 Å². The molecule has 1 aromatic rings. The van der Waals surface area contributed by atoms with E-state index in [1.807, 2.05) is 25.1 Å². The number of halogens is 1. The monoisotopic (exact) mass is 373 g/mol. The van der Waals surface area contributed by atoms with Crippen molar-refractivity contribution in [1.82, 2.24) is 5.32 Å². The summed E-state index contributed by atoms with van der Waals surface area (Å²) in [4.78, 5) is 0. The zero-order valence-corrected chi connectivity index (χ0v) is 14.9. The summed E-state index contributed by atoms with van der Waals surface area (Å²) >= 11 is 3.59. The molecule has 2 rings (SSSR count). The highest BCUT2D eigenvalue weighted by atomic mass is 79.9. The second-order valence-electron chi connectivity index (χ2n) is 5.84. The predicted octanol–water partition coefficient (Wildman–Crippen LogP) is 3.50. The first-order chi connectivity index (χ1) is 10.0. The molecule has 0 radical (unpaired) electrons. The Morgan fingerprint density at radius 2 is 2.00 bits per heavy atom. The molecule has 1 aliphatic rings. The Kier molecular flexibility index (Phi) is 6.26. The Labute approximate surface area is 136 Å². The van der Waals surface area contributed by atoms with Crippen molar-refractivity contribution >= 4 is 25.8 Å². The lowest BCUT2D eigenvalue weighted by Crippen LogP contribution is -2.25. The minimum absolute atomic E-state index is 0.243. The standard InChI is InChI=1S/C16H24BrNO2S/c1-2-10-21(19,20)11-9-13(12-18-14-7-8-14)15-5-3-4-6-16(15)17/h3-6,13-14,18H,2,7-12H2,1H3. The van der Waals surface area contributed by atoms with E-state index in [2.05, 4.69) is 27.3 Å². The van der Waals surface area contributed by atoms with Crippen LogP contribution in [0.25, 0.3) is 0 Å². The van der Waals surface area contributed by atoms with Gasteiger partial charge in [0.1, 0.15) is 9.84 Å². The maximum absolute atomic E-state index is 12.0. The lowest BCUT2D eigenvalue weighted by atomic mass is 9.96. The zero-order chi connectivity index (χ0) is 15.3. The molecule has 1 aromatic carbocycles. The van der Waals surface area contributed by atoms with Crippen LogP contribution in [0.4, 0.5) is 0 Å². The largest absolute Gasteiger partial charge is 0.313 e. The molecule has 0 saturated heterocycles. The molecular weight excluding hydrogens is 350 g/mol. The van der Waals surface area contributed by atoms with Gasteiger partial charge in [-0.15, -0.1) is 0 Å². The van der Waals surface area contributed by atoms with Gasteiger partial charge < -0.3 is 5.32 Å². The molecule has 0 spiro atoms. The second kappa shape index (κ2) is 7.75. The third kappa shape index (κ3) is 5.72. The van der Waals surface area contributed by atoms with Crippen molar-refractivity contribution in [2.75, 3.05) is 18.1 Å². The quantitative estimate of drug-likeness (QED) is 0.720. The highest BCUT2D eigenvalue weighted by Crippen LogP contribution is 2.29. The summed E-state index contributed by atoms with van der Waals surface area (Å²) in [5, 5.41) is 3.53. The van der Waals surface area contributed by atoms with Gasteiger partial charge in [0.15, 0.2) is 0 Å². The van der Waals surface area contributed by atoms with Gasteiger partial charge in [-0.25, -0.2) is 8.42 Å². The van der Waals surface area contributed by atoms with Crippen molar-refractivity contribution in [2.45, 2.75) is 44.6 Å². The second-order valence-corrected chi connectivity index (χ2v) is 9.00. The number of rotatable bonds is 9. The van der Waals surface area contributed by atoms with Gasteiger partial charge in [-0.3, -0.25) is 0 Å². The SMILES string of the molecule is CCCS(=O)(=O)CCC(CNC1CC1)c1ccccc1Br. The molecule has 1 unspecified atom stereocenters. The van der Waals surface area contributed by atoms with E-state index in [4.69, 9.17) is 0 Å². The van der Waals surface area contributed by atoms with E-state index in [0.29, 0.717) is 24.6 Å². The number of hydrogen-bond donors (Lipinski definition) is 1. The molecule has 0 heterocycles. The van der Waals surface area contributed by atoms with Crippen LogP contribution in [0, 0.1) is 0 Å². The molecular formula is C16H24BrNO2S. The highest BCUT2D eigenvalue weighted by molar-refractivity contribution is 9.10. The Hall–Kier alpha value is -0.390. The summed E-state index contributed by atoms with van der Waals surface area (Å²) in [5.41, 5.74) is 1.21. The van der Waals surface area contributed by atoms with E-state index in [0.717, 1.165) is 11.0 Å². The van der Waals surface area contributed by atoms with Crippen LogP contribution in [0.5, 0.6) is 0 Å². The van der Waals surface area contributed by atoms with E-state index in [9.17, 15) is 8.42 Å². The van der Waals surface area contributed by atoms with Crippen LogP contribution in [0.1, 0.15) is 44.1 Å². The molecule has 1 N–H and O–H groups in total. The average molecular weight is 374 g/mol. The van der Waals surface area contributed by atoms with Crippen LogP contribution in [0.3, 0.4) is 0 Å². The summed E-state index contributed by atoms with van der Waals surface area (Å²) in [6.07, 6.45) is 3.88. The fraction of sp³-hybridized carbons (Fsp3) is 0.625. The molecule has 0 bridgehead atoms. The van der Waals surface area contributed by atoms with Crippen molar-refractivity contribution in [3.63, 3.8) is 0 Å². The normalized spacial score (nSPS) is 16.9. The minimum Gasteiger partial charge on any atom is -0.313 e. The maximum atomic E-state index is 12.0.